The van der Waals surface area contributed by atoms with Gasteiger partial charge in [-0.15, -0.1) is 35.4 Å². The molecule has 0 amide bonds. The SMILES string of the molecule is [Pt+2].[c-]1c(Cc2[c-]c(-c3cnccn3)c3oc4ccccc4c3c2)cc2c(oc3ccccc32)c1-c1cnccn1. The molecule has 0 aliphatic heterocycles. The number of benzene rings is 4. The summed E-state index contributed by atoms with van der Waals surface area (Å²) in [5.41, 5.74) is 8.13. The molecule has 0 radical (unpaired) electrons. The van der Waals surface area contributed by atoms with Crippen LogP contribution in [-0.2, 0) is 27.5 Å². The van der Waals surface area contributed by atoms with E-state index in [4.69, 9.17) is 8.83 Å². The molecule has 192 valence electrons. The van der Waals surface area contributed by atoms with Gasteiger partial charge in [0.05, 0.1) is 11.2 Å². The zero-order valence-corrected chi connectivity index (χ0v) is 23.1. The zero-order chi connectivity index (χ0) is 25.8. The van der Waals surface area contributed by atoms with Crippen LogP contribution in [0.25, 0.3) is 66.4 Å². The Morgan fingerprint density at radius 1 is 0.575 bits per heavy atom. The first-order valence-corrected chi connectivity index (χ1v) is 12.6. The number of para-hydroxylation sites is 2. The predicted molar refractivity (Wildman–Crippen MR) is 150 cm³/mol. The van der Waals surface area contributed by atoms with Crippen molar-refractivity contribution in [1.29, 1.82) is 0 Å². The number of hydrogen-bond donors (Lipinski definition) is 0. The van der Waals surface area contributed by atoms with Gasteiger partial charge in [-0.05, 0) is 18.6 Å². The van der Waals surface area contributed by atoms with Gasteiger partial charge in [0.2, 0.25) is 0 Å². The second-order valence-corrected chi connectivity index (χ2v) is 9.38. The number of fused-ring (bicyclic) bond motifs is 6. The Hall–Kier alpha value is -4.67. The van der Waals surface area contributed by atoms with Crippen molar-refractivity contribution < 1.29 is 29.9 Å². The van der Waals surface area contributed by atoms with E-state index in [9.17, 15) is 0 Å². The van der Waals surface area contributed by atoms with Crippen LogP contribution < -0.4 is 0 Å². The minimum atomic E-state index is 0. The summed E-state index contributed by atoms with van der Waals surface area (Å²) in [7, 11) is 0. The van der Waals surface area contributed by atoms with Crippen LogP contribution in [0.3, 0.4) is 0 Å². The second-order valence-electron chi connectivity index (χ2n) is 9.38. The van der Waals surface area contributed by atoms with Crippen molar-refractivity contribution in [2.24, 2.45) is 0 Å². The van der Waals surface area contributed by atoms with E-state index >= 15 is 0 Å². The molecule has 6 nitrogen and oxygen atoms in total. The second kappa shape index (κ2) is 9.82. The molecule has 0 bridgehead atoms. The third-order valence-electron chi connectivity index (χ3n) is 6.95. The maximum absolute atomic E-state index is 6.28. The first-order chi connectivity index (χ1) is 19.3. The van der Waals surface area contributed by atoms with E-state index in [0.29, 0.717) is 17.8 Å². The largest absolute Gasteiger partial charge is 2.00 e. The number of aromatic nitrogens is 4. The molecule has 0 atom stereocenters. The van der Waals surface area contributed by atoms with Crippen LogP contribution in [0.1, 0.15) is 11.1 Å². The normalized spacial score (nSPS) is 11.4. The smallest absolute Gasteiger partial charge is 0.501 e. The first kappa shape index (κ1) is 24.4. The molecule has 4 aromatic heterocycles. The molecule has 8 rings (SSSR count). The van der Waals surface area contributed by atoms with Crippen molar-refractivity contribution in [2.45, 2.75) is 6.42 Å². The summed E-state index contributed by atoms with van der Waals surface area (Å²) in [6.45, 7) is 0. The molecular formula is C33H18N4O2Pt. The van der Waals surface area contributed by atoms with Crippen molar-refractivity contribution in [1.82, 2.24) is 19.9 Å². The van der Waals surface area contributed by atoms with E-state index in [-0.39, 0.29) is 21.1 Å². The molecule has 0 saturated carbocycles. The average Bonchev–Trinajstić information content (AvgIpc) is 3.56. The molecule has 4 aromatic carbocycles. The van der Waals surface area contributed by atoms with Crippen molar-refractivity contribution in [3.05, 3.63) is 121 Å². The van der Waals surface area contributed by atoms with Gasteiger partial charge in [-0.1, -0.05) is 58.3 Å². The Kier molecular flexibility index (Phi) is 5.98. The monoisotopic (exact) mass is 697 g/mol. The third-order valence-corrected chi connectivity index (χ3v) is 6.95. The van der Waals surface area contributed by atoms with E-state index in [2.05, 4.69) is 56.3 Å². The zero-order valence-electron chi connectivity index (χ0n) is 20.9. The van der Waals surface area contributed by atoms with E-state index in [1.54, 1.807) is 37.2 Å². The summed E-state index contributed by atoms with van der Waals surface area (Å²) in [5, 5.41) is 4.13. The molecule has 8 aromatic rings. The van der Waals surface area contributed by atoms with E-state index in [0.717, 1.165) is 66.1 Å². The summed E-state index contributed by atoms with van der Waals surface area (Å²) in [4.78, 5) is 17.7. The van der Waals surface area contributed by atoms with Crippen molar-refractivity contribution >= 4 is 43.9 Å². The minimum absolute atomic E-state index is 0. The van der Waals surface area contributed by atoms with Gasteiger partial charge in [-0.25, -0.2) is 0 Å². The van der Waals surface area contributed by atoms with Gasteiger partial charge in [0.15, 0.2) is 0 Å². The summed E-state index contributed by atoms with van der Waals surface area (Å²) in [6, 6.07) is 27.6. The van der Waals surface area contributed by atoms with Crippen LogP contribution in [0, 0.1) is 12.1 Å². The molecule has 0 unspecified atom stereocenters. The van der Waals surface area contributed by atoms with Crippen LogP contribution in [0.5, 0.6) is 0 Å². The summed E-state index contributed by atoms with van der Waals surface area (Å²) >= 11 is 0. The Bertz CT molecular complexity index is 2000. The molecule has 4 heterocycles. The standard InChI is InChI=1S/C33H18N4O2.Pt/c1-3-7-30-22(5-1)24-14-20(16-26(32(24)38-30)28-18-34-9-11-36-28)13-21-15-25-23-6-2-4-8-31(23)39-33(25)27(17-21)29-19-35-10-12-37-29;/h1-12,14-15,18-19H,13H2;/q-2;+2. The van der Waals surface area contributed by atoms with Gasteiger partial charge in [0.25, 0.3) is 0 Å². The topological polar surface area (TPSA) is 77.8 Å². The first-order valence-electron chi connectivity index (χ1n) is 12.6. The molecule has 0 aliphatic rings. The van der Waals surface area contributed by atoms with Crippen LogP contribution in [0.4, 0.5) is 0 Å². The Morgan fingerprint density at radius 2 is 1.05 bits per heavy atom. The van der Waals surface area contributed by atoms with Crippen molar-refractivity contribution in [2.75, 3.05) is 0 Å². The van der Waals surface area contributed by atoms with E-state index < -0.39 is 0 Å². The predicted octanol–water partition coefficient (Wildman–Crippen LogP) is 7.59. The maximum atomic E-state index is 6.28. The molecule has 0 aliphatic carbocycles. The fraction of sp³-hybridized carbons (Fsp3) is 0.0303. The van der Waals surface area contributed by atoms with E-state index in [1.165, 1.54) is 0 Å². The molecule has 0 spiro atoms. The molecule has 0 fully saturated rings. The van der Waals surface area contributed by atoms with Gasteiger partial charge in [0.1, 0.15) is 11.2 Å². The fourth-order valence-corrected chi connectivity index (χ4v) is 5.26. The average molecular weight is 698 g/mol. The van der Waals surface area contributed by atoms with Gasteiger partial charge in [0, 0.05) is 59.3 Å². The molecule has 7 heteroatoms. The van der Waals surface area contributed by atoms with Crippen LogP contribution in [0.2, 0.25) is 0 Å². The van der Waals surface area contributed by atoms with Gasteiger partial charge < -0.3 is 18.8 Å². The van der Waals surface area contributed by atoms with Crippen LogP contribution in [0.15, 0.2) is 107 Å². The molecular weight excluding hydrogens is 679 g/mol. The Labute approximate surface area is 243 Å². The Morgan fingerprint density at radius 3 is 1.50 bits per heavy atom. The maximum Gasteiger partial charge on any atom is 2.00 e. The summed E-state index contributed by atoms with van der Waals surface area (Å²) < 4.78 is 12.6. The number of rotatable bonds is 4. The van der Waals surface area contributed by atoms with Gasteiger partial charge in [-0.2, -0.15) is 0 Å². The number of hydrogen-bond acceptors (Lipinski definition) is 6. The van der Waals surface area contributed by atoms with Crippen molar-refractivity contribution in [3.63, 3.8) is 0 Å². The molecule has 40 heavy (non-hydrogen) atoms. The molecule has 0 N–H and O–H groups in total. The summed E-state index contributed by atoms with van der Waals surface area (Å²) in [6.07, 6.45) is 10.8. The minimum Gasteiger partial charge on any atom is -0.501 e. The van der Waals surface area contributed by atoms with Crippen LogP contribution in [-0.4, -0.2) is 19.9 Å². The number of nitrogens with zero attached hydrogens (tertiary/aromatic N) is 4. The Balaban J connectivity index is 0.00000264. The number of furan rings is 2. The van der Waals surface area contributed by atoms with E-state index in [1.807, 2.05) is 36.4 Å². The van der Waals surface area contributed by atoms with Gasteiger partial charge >= 0.3 is 21.1 Å². The van der Waals surface area contributed by atoms with Gasteiger partial charge in [-0.3, -0.25) is 9.97 Å². The quantitative estimate of drug-likeness (QED) is 0.177. The fourth-order valence-electron chi connectivity index (χ4n) is 5.26. The van der Waals surface area contributed by atoms with Crippen molar-refractivity contribution in [3.8, 4) is 22.5 Å². The summed E-state index contributed by atoms with van der Waals surface area (Å²) in [5.74, 6) is 0. The van der Waals surface area contributed by atoms with Crippen LogP contribution >= 0.6 is 0 Å². The molecule has 0 saturated heterocycles. The third kappa shape index (κ3) is 4.00.